The molecule has 5 heteroatoms. The molecule has 2 aromatic heterocycles. The van der Waals surface area contributed by atoms with Crippen LogP contribution in [0.1, 0.15) is 18.9 Å². The summed E-state index contributed by atoms with van der Waals surface area (Å²) >= 11 is 5.88. The van der Waals surface area contributed by atoms with Gasteiger partial charge in [0.25, 0.3) is 0 Å². The number of rotatable bonds is 6. The van der Waals surface area contributed by atoms with Crippen molar-refractivity contribution in [3.8, 4) is 11.5 Å². The van der Waals surface area contributed by atoms with Crippen molar-refractivity contribution in [3.63, 3.8) is 0 Å². The van der Waals surface area contributed by atoms with E-state index in [-0.39, 0.29) is 0 Å². The van der Waals surface area contributed by atoms with Crippen LogP contribution < -0.4 is 10.1 Å². The number of halogens is 1. The summed E-state index contributed by atoms with van der Waals surface area (Å²) in [5, 5.41) is 3.89. The van der Waals surface area contributed by atoms with Gasteiger partial charge in [0.2, 0.25) is 0 Å². The van der Waals surface area contributed by atoms with Crippen LogP contribution >= 0.6 is 11.6 Å². The molecule has 0 amide bonds. The Balaban J connectivity index is 2.11. The van der Waals surface area contributed by atoms with E-state index in [2.05, 4.69) is 22.2 Å². The molecule has 0 fully saturated rings. The van der Waals surface area contributed by atoms with Crippen molar-refractivity contribution in [1.82, 2.24) is 15.3 Å². The highest BCUT2D eigenvalue weighted by Gasteiger charge is 2.05. The lowest BCUT2D eigenvalue weighted by atomic mass is 10.2. The Hall–Kier alpha value is -1.65. The van der Waals surface area contributed by atoms with Crippen LogP contribution in [0.5, 0.6) is 11.5 Å². The van der Waals surface area contributed by atoms with Gasteiger partial charge in [0, 0.05) is 30.6 Å². The Bertz CT molecular complexity index is 534. The zero-order chi connectivity index (χ0) is 13.5. The fourth-order valence-electron chi connectivity index (χ4n) is 1.62. The van der Waals surface area contributed by atoms with Gasteiger partial charge >= 0.3 is 0 Å². The van der Waals surface area contributed by atoms with Gasteiger partial charge in [-0.1, -0.05) is 18.5 Å². The van der Waals surface area contributed by atoms with Crippen molar-refractivity contribution in [3.05, 3.63) is 47.5 Å². The molecular weight excluding hydrogens is 262 g/mol. The number of nitrogens with zero attached hydrogens (tertiary/aromatic N) is 2. The first-order valence-corrected chi connectivity index (χ1v) is 6.59. The van der Waals surface area contributed by atoms with Crippen LogP contribution in [0.25, 0.3) is 0 Å². The van der Waals surface area contributed by atoms with Crippen LogP contribution in [0.2, 0.25) is 5.02 Å². The minimum Gasteiger partial charge on any atom is -0.454 e. The Morgan fingerprint density at radius 2 is 2.16 bits per heavy atom. The first-order chi connectivity index (χ1) is 9.29. The second kappa shape index (κ2) is 7.07. The van der Waals surface area contributed by atoms with Crippen LogP contribution in [0.4, 0.5) is 0 Å². The van der Waals surface area contributed by atoms with Crippen LogP contribution in [0, 0.1) is 0 Å². The fraction of sp³-hybridized carbons (Fsp3) is 0.286. The summed E-state index contributed by atoms with van der Waals surface area (Å²) in [6.45, 7) is 3.86. The molecule has 0 aliphatic rings. The molecule has 1 N–H and O–H groups in total. The van der Waals surface area contributed by atoms with Gasteiger partial charge in [-0.25, -0.2) is 0 Å². The number of nitrogens with one attached hydrogen (secondary N) is 1. The molecule has 0 aliphatic heterocycles. The zero-order valence-corrected chi connectivity index (χ0v) is 11.5. The summed E-state index contributed by atoms with van der Waals surface area (Å²) in [7, 11) is 0. The summed E-state index contributed by atoms with van der Waals surface area (Å²) in [4.78, 5) is 8.08. The van der Waals surface area contributed by atoms with Crippen LogP contribution in [0.3, 0.4) is 0 Å². The van der Waals surface area contributed by atoms with Gasteiger partial charge in [-0.2, -0.15) is 0 Å². The van der Waals surface area contributed by atoms with Gasteiger partial charge in [0.05, 0.1) is 17.4 Å². The van der Waals surface area contributed by atoms with Crippen molar-refractivity contribution in [2.45, 2.75) is 19.9 Å². The highest BCUT2D eigenvalue weighted by atomic mass is 35.5. The SMILES string of the molecule is CCCNCc1ccncc1Oc1cncc(Cl)c1. The summed E-state index contributed by atoms with van der Waals surface area (Å²) in [6.07, 6.45) is 7.75. The van der Waals surface area contributed by atoms with Crippen LogP contribution in [-0.2, 0) is 6.54 Å². The van der Waals surface area contributed by atoms with Crippen LogP contribution in [-0.4, -0.2) is 16.5 Å². The number of pyridine rings is 2. The van der Waals surface area contributed by atoms with Gasteiger partial charge in [-0.3, -0.25) is 9.97 Å². The molecule has 0 unspecified atom stereocenters. The molecule has 19 heavy (non-hydrogen) atoms. The van der Waals surface area contributed by atoms with E-state index in [0.717, 1.165) is 30.8 Å². The molecule has 0 aromatic carbocycles. The van der Waals surface area contributed by atoms with Gasteiger partial charge in [-0.05, 0) is 19.0 Å². The average molecular weight is 278 g/mol. The normalized spacial score (nSPS) is 10.4. The first kappa shape index (κ1) is 13.8. The molecule has 0 atom stereocenters. The van der Waals surface area contributed by atoms with E-state index in [1.165, 1.54) is 0 Å². The number of hydrogen-bond donors (Lipinski definition) is 1. The second-order valence-electron chi connectivity index (χ2n) is 4.10. The molecule has 0 saturated carbocycles. The van der Waals surface area contributed by atoms with E-state index in [1.807, 2.05) is 6.07 Å². The molecule has 0 saturated heterocycles. The van der Waals surface area contributed by atoms with E-state index >= 15 is 0 Å². The fourth-order valence-corrected chi connectivity index (χ4v) is 1.79. The molecule has 2 rings (SSSR count). The summed E-state index contributed by atoms with van der Waals surface area (Å²) < 4.78 is 5.77. The lowest BCUT2D eigenvalue weighted by Crippen LogP contribution is -2.14. The predicted molar refractivity (Wildman–Crippen MR) is 75.6 cm³/mol. The van der Waals surface area contributed by atoms with Gasteiger partial charge in [-0.15, -0.1) is 0 Å². The maximum absolute atomic E-state index is 5.88. The third-order valence-electron chi connectivity index (χ3n) is 2.52. The first-order valence-electron chi connectivity index (χ1n) is 6.21. The third kappa shape index (κ3) is 4.19. The number of hydrogen-bond acceptors (Lipinski definition) is 4. The van der Waals surface area contributed by atoms with Crippen LogP contribution in [0.15, 0.2) is 36.9 Å². The van der Waals surface area contributed by atoms with Crippen molar-refractivity contribution >= 4 is 11.6 Å². The predicted octanol–water partition coefficient (Wildman–Crippen LogP) is 3.42. The second-order valence-corrected chi connectivity index (χ2v) is 4.54. The van der Waals surface area contributed by atoms with E-state index in [1.54, 1.807) is 30.9 Å². The summed E-state index contributed by atoms with van der Waals surface area (Å²) in [5.74, 6) is 1.33. The maximum atomic E-state index is 5.88. The third-order valence-corrected chi connectivity index (χ3v) is 2.73. The lowest BCUT2D eigenvalue weighted by Gasteiger charge is -2.11. The minimum atomic E-state index is 0.548. The quantitative estimate of drug-likeness (QED) is 0.822. The van der Waals surface area contributed by atoms with Crippen molar-refractivity contribution in [1.29, 1.82) is 0 Å². The highest BCUT2D eigenvalue weighted by molar-refractivity contribution is 6.30. The Morgan fingerprint density at radius 3 is 2.95 bits per heavy atom. The number of aromatic nitrogens is 2. The molecular formula is C14H16ClN3O. The van der Waals surface area contributed by atoms with Gasteiger partial charge < -0.3 is 10.1 Å². The monoisotopic (exact) mass is 277 g/mol. The average Bonchev–Trinajstić information content (AvgIpc) is 2.41. The van der Waals surface area contributed by atoms with E-state index < -0.39 is 0 Å². The van der Waals surface area contributed by atoms with Crippen molar-refractivity contribution in [2.24, 2.45) is 0 Å². The largest absolute Gasteiger partial charge is 0.454 e. The summed E-state index contributed by atoms with van der Waals surface area (Å²) in [5.41, 5.74) is 1.06. The van der Waals surface area contributed by atoms with E-state index in [4.69, 9.17) is 16.3 Å². The Labute approximate surface area is 117 Å². The van der Waals surface area contributed by atoms with E-state index in [0.29, 0.717) is 10.8 Å². The topological polar surface area (TPSA) is 47.0 Å². The molecule has 4 nitrogen and oxygen atoms in total. The molecule has 0 aliphatic carbocycles. The standard InChI is InChI=1S/C14H16ClN3O/c1-2-4-16-7-11-3-5-17-10-14(11)19-13-6-12(15)8-18-9-13/h3,5-6,8-10,16H,2,4,7H2,1H3. The Morgan fingerprint density at radius 1 is 1.26 bits per heavy atom. The van der Waals surface area contributed by atoms with E-state index in [9.17, 15) is 0 Å². The molecule has 2 heterocycles. The molecule has 2 aromatic rings. The smallest absolute Gasteiger partial charge is 0.150 e. The minimum absolute atomic E-state index is 0.548. The van der Waals surface area contributed by atoms with Gasteiger partial charge in [0.15, 0.2) is 0 Å². The number of ether oxygens (including phenoxy) is 1. The van der Waals surface area contributed by atoms with Gasteiger partial charge in [0.1, 0.15) is 11.5 Å². The lowest BCUT2D eigenvalue weighted by molar-refractivity contribution is 0.468. The highest BCUT2D eigenvalue weighted by Crippen LogP contribution is 2.25. The maximum Gasteiger partial charge on any atom is 0.150 e. The van der Waals surface area contributed by atoms with Crippen molar-refractivity contribution < 1.29 is 4.74 Å². The van der Waals surface area contributed by atoms with Crippen molar-refractivity contribution in [2.75, 3.05) is 6.54 Å². The Kier molecular flexibility index (Phi) is 5.12. The molecule has 100 valence electrons. The molecule has 0 bridgehead atoms. The zero-order valence-electron chi connectivity index (χ0n) is 10.8. The molecule has 0 radical (unpaired) electrons. The summed E-state index contributed by atoms with van der Waals surface area (Å²) in [6, 6.07) is 3.67. The molecule has 0 spiro atoms.